The predicted molar refractivity (Wildman–Crippen MR) is 59.2 cm³/mol. The van der Waals surface area contributed by atoms with E-state index in [2.05, 4.69) is 21.8 Å². The van der Waals surface area contributed by atoms with Crippen molar-refractivity contribution in [1.29, 1.82) is 0 Å². The van der Waals surface area contributed by atoms with Gasteiger partial charge in [-0.15, -0.1) is 0 Å². The Morgan fingerprint density at radius 2 is 1.87 bits per heavy atom. The molecule has 0 aromatic carbocycles. The summed E-state index contributed by atoms with van der Waals surface area (Å²) in [6.45, 7) is 3.90. The largest absolute Gasteiger partial charge is 0.340 e. The van der Waals surface area contributed by atoms with E-state index in [-0.39, 0.29) is 5.56 Å². The van der Waals surface area contributed by atoms with Gasteiger partial charge in [-0.1, -0.05) is 0 Å². The summed E-state index contributed by atoms with van der Waals surface area (Å²) in [6.07, 6.45) is 1.58. The van der Waals surface area contributed by atoms with E-state index in [4.69, 9.17) is 0 Å². The van der Waals surface area contributed by atoms with Crippen LogP contribution in [0.2, 0.25) is 0 Å². The maximum atomic E-state index is 11.4. The highest BCUT2D eigenvalue weighted by atomic mass is 16.1. The molecule has 1 saturated heterocycles. The van der Waals surface area contributed by atoms with E-state index in [9.17, 15) is 4.79 Å². The molecule has 1 aliphatic heterocycles. The first-order chi connectivity index (χ1) is 7.18. The van der Waals surface area contributed by atoms with Gasteiger partial charge in [0.2, 0.25) is 5.95 Å². The summed E-state index contributed by atoms with van der Waals surface area (Å²) in [6, 6.07) is 1.49. The molecule has 0 aliphatic carbocycles. The summed E-state index contributed by atoms with van der Waals surface area (Å²) < 4.78 is 1.60. The highest BCUT2D eigenvalue weighted by molar-refractivity contribution is 5.30. The molecule has 2 rings (SSSR count). The molecule has 5 nitrogen and oxygen atoms in total. The van der Waals surface area contributed by atoms with Gasteiger partial charge in [-0.05, 0) is 7.05 Å². The topological polar surface area (TPSA) is 41.4 Å². The Bertz CT molecular complexity index is 393. The number of rotatable bonds is 1. The molecule has 1 aromatic rings. The van der Waals surface area contributed by atoms with Crippen molar-refractivity contribution < 1.29 is 0 Å². The van der Waals surface area contributed by atoms with Crippen LogP contribution in [0.4, 0.5) is 5.95 Å². The molecule has 1 aromatic heterocycles. The van der Waals surface area contributed by atoms with Gasteiger partial charge in [-0.2, -0.15) is 0 Å². The summed E-state index contributed by atoms with van der Waals surface area (Å²) in [5, 5.41) is 0. The molecular weight excluding hydrogens is 192 g/mol. The molecule has 0 radical (unpaired) electrons. The van der Waals surface area contributed by atoms with Gasteiger partial charge in [0.15, 0.2) is 0 Å². The van der Waals surface area contributed by atoms with Gasteiger partial charge in [0.25, 0.3) is 5.56 Å². The SMILES string of the molecule is CN1CCN(c2nccc(=O)n2C)CC1. The van der Waals surface area contributed by atoms with Crippen molar-refractivity contribution in [3.05, 3.63) is 22.6 Å². The lowest BCUT2D eigenvalue weighted by atomic mass is 10.3. The van der Waals surface area contributed by atoms with Crippen LogP contribution in [0, 0.1) is 0 Å². The smallest absolute Gasteiger partial charge is 0.254 e. The number of nitrogens with zero attached hydrogens (tertiary/aromatic N) is 4. The fraction of sp³-hybridized carbons (Fsp3) is 0.600. The Kier molecular flexibility index (Phi) is 2.73. The van der Waals surface area contributed by atoms with E-state index in [1.54, 1.807) is 17.8 Å². The molecule has 0 atom stereocenters. The van der Waals surface area contributed by atoms with Gasteiger partial charge >= 0.3 is 0 Å². The summed E-state index contributed by atoms with van der Waals surface area (Å²) in [5.74, 6) is 0.774. The van der Waals surface area contributed by atoms with Crippen molar-refractivity contribution in [1.82, 2.24) is 14.5 Å². The van der Waals surface area contributed by atoms with E-state index in [0.29, 0.717) is 0 Å². The molecule has 0 unspecified atom stereocenters. The molecule has 2 heterocycles. The Hall–Kier alpha value is -1.36. The minimum Gasteiger partial charge on any atom is -0.340 e. The van der Waals surface area contributed by atoms with Gasteiger partial charge in [-0.25, -0.2) is 4.98 Å². The molecule has 82 valence electrons. The molecule has 0 saturated carbocycles. The van der Waals surface area contributed by atoms with Crippen LogP contribution < -0.4 is 10.5 Å². The molecule has 1 fully saturated rings. The average molecular weight is 208 g/mol. The molecule has 15 heavy (non-hydrogen) atoms. The second kappa shape index (κ2) is 4.02. The predicted octanol–water partition coefficient (Wildman–Crippen LogP) is -0.468. The van der Waals surface area contributed by atoms with Crippen LogP contribution in [0.15, 0.2) is 17.1 Å². The Labute approximate surface area is 88.9 Å². The Balaban J connectivity index is 2.23. The zero-order valence-electron chi connectivity index (χ0n) is 9.18. The van der Waals surface area contributed by atoms with Gasteiger partial charge < -0.3 is 9.80 Å². The first-order valence-electron chi connectivity index (χ1n) is 5.14. The van der Waals surface area contributed by atoms with Crippen molar-refractivity contribution in [2.45, 2.75) is 0 Å². The number of aromatic nitrogens is 2. The highest BCUT2D eigenvalue weighted by Gasteiger charge is 2.17. The molecular formula is C10H16N4O. The van der Waals surface area contributed by atoms with E-state index < -0.39 is 0 Å². The van der Waals surface area contributed by atoms with E-state index in [0.717, 1.165) is 32.1 Å². The van der Waals surface area contributed by atoms with Gasteiger partial charge in [0, 0.05) is 45.5 Å². The van der Waals surface area contributed by atoms with Crippen LogP contribution in [0.1, 0.15) is 0 Å². The minimum absolute atomic E-state index is 0.000993. The normalized spacial score (nSPS) is 18.1. The first-order valence-corrected chi connectivity index (χ1v) is 5.14. The maximum absolute atomic E-state index is 11.4. The van der Waals surface area contributed by atoms with Crippen molar-refractivity contribution >= 4 is 5.95 Å². The standard InChI is InChI=1S/C10H16N4O/c1-12-5-7-14(8-6-12)10-11-4-3-9(15)13(10)2/h3-4H,5-8H2,1-2H3. The maximum Gasteiger partial charge on any atom is 0.254 e. The first kappa shape index (κ1) is 10.2. The Morgan fingerprint density at radius 3 is 2.53 bits per heavy atom. The summed E-state index contributed by atoms with van der Waals surface area (Å²) in [5.41, 5.74) is -0.000993. The molecule has 0 bridgehead atoms. The number of likely N-dealkylation sites (N-methyl/N-ethyl adjacent to an activating group) is 1. The number of hydrogen-bond donors (Lipinski definition) is 0. The second-order valence-corrected chi connectivity index (χ2v) is 3.93. The van der Waals surface area contributed by atoms with E-state index in [1.165, 1.54) is 6.07 Å². The van der Waals surface area contributed by atoms with E-state index >= 15 is 0 Å². The molecule has 0 amide bonds. The van der Waals surface area contributed by atoms with Gasteiger partial charge in [-0.3, -0.25) is 9.36 Å². The third-order valence-corrected chi connectivity index (χ3v) is 2.82. The average Bonchev–Trinajstić information content (AvgIpc) is 2.24. The van der Waals surface area contributed by atoms with Crippen LogP contribution in [-0.2, 0) is 7.05 Å². The fourth-order valence-electron chi connectivity index (χ4n) is 1.76. The number of hydrogen-bond acceptors (Lipinski definition) is 4. The summed E-state index contributed by atoms with van der Waals surface area (Å²) in [7, 11) is 3.87. The van der Waals surface area contributed by atoms with Crippen molar-refractivity contribution in [3.8, 4) is 0 Å². The quantitative estimate of drug-likeness (QED) is 0.626. The van der Waals surface area contributed by atoms with Crippen molar-refractivity contribution in [2.24, 2.45) is 7.05 Å². The third kappa shape index (κ3) is 2.02. The van der Waals surface area contributed by atoms with Crippen molar-refractivity contribution in [2.75, 3.05) is 38.1 Å². The second-order valence-electron chi connectivity index (χ2n) is 3.93. The van der Waals surface area contributed by atoms with Crippen LogP contribution in [0.25, 0.3) is 0 Å². The van der Waals surface area contributed by atoms with Crippen LogP contribution >= 0.6 is 0 Å². The molecule has 0 spiro atoms. The van der Waals surface area contributed by atoms with Crippen LogP contribution in [-0.4, -0.2) is 47.7 Å². The van der Waals surface area contributed by atoms with Gasteiger partial charge in [0.05, 0.1) is 0 Å². The third-order valence-electron chi connectivity index (χ3n) is 2.82. The van der Waals surface area contributed by atoms with Crippen LogP contribution in [0.3, 0.4) is 0 Å². The highest BCUT2D eigenvalue weighted by Crippen LogP contribution is 2.09. The lowest BCUT2D eigenvalue weighted by molar-refractivity contribution is 0.310. The molecule has 1 aliphatic rings. The van der Waals surface area contributed by atoms with Crippen LogP contribution in [0.5, 0.6) is 0 Å². The molecule has 5 heteroatoms. The lowest BCUT2D eigenvalue weighted by Gasteiger charge is -2.33. The van der Waals surface area contributed by atoms with Gasteiger partial charge in [0.1, 0.15) is 0 Å². The zero-order chi connectivity index (χ0) is 10.8. The monoisotopic (exact) mass is 208 g/mol. The minimum atomic E-state index is -0.000993. The lowest BCUT2D eigenvalue weighted by Crippen LogP contribution is -2.46. The number of piperazine rings is 1. The fourth-order valence-corrected chi connectivity index (χ4v) is 1.76. The zero-order valence-corrected chi connectivity index (χ0v) is 9.18. The summed E-state index contributed by atoms with van der Waals surface area (Å²) in [4.78, 5) is 20.1. The van der Waals surface area contributed by atoms with E-state index in [1.807, 2.05) is 0 Å². The van der Waals surface area contributed by atoms with Crippen molar-refractivity contribution in [3.63, 3.8) is 0 Å². The summed E-state index contributed by atoms with van der Waals surface area (Å²) >= 11 is 0. The number of anilines is 1. The molecule has 0 N–H and O–H groups in total. The Morgan fingerprint density at radius 1 is 1.20 bits per heavy atom.